The van der Waals surface area contributed by atoms with E-state index in [2.05, 4.69) is 5.32 Å². The van der Waals surface area contributed by atoms with Crippen LogP contribution in [0.25, 0.3) is 0 Å². The molecule has 0 aliphatic heterocycles. The Hall–Kier alpha value is -1.59. The van der Waals surface area contributed by atoms with E-state index in [0.29, 0.717) is 0 Å². The van der Waals surface area contributed by atoms with Crippen LogP contribution in [0.15, 0.2) is 40.3 Å². The van der Waals surface area contributed by atoms with Gasteiger partial charge in [-0.2, -0.15) is 0 Å². The molecule has 2 aromatic heterocycles. The van der Waals surface area contributed by atoms with Gasteiger partial charge in [0.25, 0.3) is 0 Å². The summed E-state index contributed by atoms with van der Waals surface area (Å²) in [5, 5.41) is 4.85. The Bertz CT molecular complexity index is 494. The Morgan fingerprint density at radius 2 is 2.32 bits per heavy atom. The third-order valence-corrected chi connectivity index (χ3v) is 3.88. The number of furan rings is 1. The van der Waals surface area contributed by atoms with E-state index in [0.717, 1.165) is 23.5 Å². The normalized spacial score (nSPS) is 14.0. The van der Waals surface area contributed by atoms with Crippen molar-refractivity contribution in [2.75, 3.05) is 0 Å². The SMILES string of the molecule is CC(CCc1ccco1)NC(=O)C(N)c1cccs1. The van der Waals surface area contributed by atoms with Crippen molar-refractivity contribution in [2.24, 2.45) is 5.73 Å². The van der Waals surface area contributed by atoms with Crippen molar-refractivity contribution < 1.29 is 9.21 Å². The van der Waals surface area contributed by atoms with Crippen molar-refractivity contribution in [1.82, 2.24) is 5.32 Å². The first-order chi connectivity index (χ1) is 9.16. The second kappa shape index (κ2) is 6.54. The first-order valence-electron chi connectivity index (χ1n) is 6.28. The monoisotopic (exact) mass is 278 g/mol. The number of rotatable bonds is 6. The number of carbonyl (C=O) groups excluding carboxylic acids is 1. The second-order valence-electron chi connectivity index (χ2n) is 4.52. The molecule has 0 fully saturated rings. The average Bonchev–Trinajstić information content (AvgIpc) is 3.08. The van der Waals surface area contributed by atoms with Gasteiger partial charge in [-0.1, -0.05) is 6.07 Å². The fraction of sp³-hybridized carbons (Fsp3) is 0.357. The van der Waals surface area contributed by atoms with Gasteiger partial charge in [-0.15, -0.1) is 11.3 Å². The molecule has 19 heavy (non-hydrogen) atoms. The van der Waals surface area contributed by atoms with Crippen LogP contribution in [0.3, 0.4) is 0 Å². The predicted octanol–water partition coefficient (Wildman–Crippen LogP) is 2.48. The van der Waals surface area contributed by atoms with Crippen molar-refractivity contribution >= 4 is 17.2 Å². The molecule has 5 heteroatoms. The lowest BCUT2D eigenvalue weighted by Crippen LogP contribution is -2.39. The lowest BCUT2D eigenvalue weighted by molar-refractivity contribution is -0.123. The van der Waals surface area contributed by atoms with Crippen molar-refractivity contribution in [1.29, 1.82) is 0 Å². The topological polar surface area (TPSA) is 68.3 Å². The zero-order valence-corrected chi connectivity index (χ0v) is 11.7. The van der Waals surface area contributed by atoms with E-state index in [9.17, 15) is 4.79 Å². The molecule has 0 bridgehead atoms. The van der Waals surface area contributed by atoms with Crippen LogP contribution in [0.2, 0.25) is 0 Å². The largest absolute Gasteiger partial charge is 0.469 e. The van der Waals surface area contributed by atoms with Gasteiger partial charge >= 0.3 is 0 Å². The highest BCUT2D eigenvalue weighted by Gasteiger charge is 2.18. The van der Waals surface area contributed by atoms with Gasteiger partial charge in [0.2, 0.25) is 5.91 Å². The molecule has 0 aliphatic rings. The summed E-state index contributed by atoms with van der Waals surface area (Å²) in [6, 6.07) is 7.07. The van der Waals surface area contributed by atoms with Crippen molar-refractivity contribution in [3.05, 3.63) is 46.5 Å². The van der Waals surface area contributed by atoms with Crippen LogP contribution >= 0.6 is 11.3 Å². The highest BCUT2D eigenvalue weighted by Crippen LogP contribution is 2.17. The third-order valence-electron chi connectivity index (χ3n) is 2.92. The predicted molar refractivity (Wildman–Crippen MR) is 75.9 cm³/mol. The molecule has 0 aliphatic carbocycles. The molecule has 2 atom stereocenters. The van der Waals surface area contributed by atoms with Crippen molar-refractivity contribution in [3.8, 4) is 0 Å². The molecule has 0 saturated carbocycles. The number of hydrogen-bond donors (Lipinski definition) is 2. The molecule has 0 aromatic carbocycles. The smallest absolute Gasteiger partial charge is 0.242 e. The molecule has 2 heterocycles. The van der Waals surface area contributed by atoms with Gasteiger partial charge in [0.15, 0.2) is 0 Å². The van der Waals surface area contributed by atoms with Crippen molar-refractivity contribution in [2.45, 2.75) is 31.8 Å². The fourth-order valence-electron chi connectivity index (χ4n) is 1.82. The zero-order chi connectivity index (χ0) is 13.7. The number of aryl methyl sites for hydroxylation is 1. The minimum absolute atomic E-state index is 0.0728. The number of amides is 1. The van der Waals surface area contributed by atoms with Crippen molar-refractivity contribution in [3.63, 3.8) is 0 Å². The summed E-state index contributed by atoms with van der Waals surface area (Å²) in [7, 11) is 0. The maximum Gasteiger partial charge on any atom is 0.242 e. The van der Waals surface area contributed by atoms with E-state index in [4.69, 9.17) is 10.2 Å². The van der Waals surface area contributed by atoms with Crippen LogP contribution in [0.5, 0.6) is 0 Å². The van der Waals surface area contributed by atoms with E-state index in [-0.39, 0.29) is 11.9 Å². The Morgan fingerprint density at radius 3 is 2.95 bits per heavy atom. The minimum Gasteiger partial charge on any atom is -0.469 e. The van der Waals surface area contributed by atoms with Crippen LogP contribution in [-0.2, 0) is 11.2 Å². The molecule has 0 spiro atoms. The second-order valence-corrected chi connectivity index (χ2v) is 5.50. The summed E-state index contributed by atoms with van der Waals surface area (Å²) in [5.41, 5.74) is 5.90. The fourth-order valence-corrected chi connectivity index (χ4v) is 2.54. The molecule has 3 N–H and O–H groups in total. The summed E-state index contributed by atoms with van der Waals surface area (Å²) in [5.74, 6) is 0.804. The molecule has 1 amide bonds. The average molecular weight is 278 g/mol. The summed E-state index contributed by atoms with van der Waals surface area (Å²) in [6.45, 7) is 1.97. The minimum atomic E-state index is -0.578. The molecular weight excluding hydrogens is 260 g/mol. The van der Waals surface area contributed by atoms with Crippen LogP contribution < -0.4 is 11.1 Å². The number of nitrogens with two attached hydrogens (primary N) is 1. The molecule has 0 radical (unpaired) electrons. The number of carbonyl (C=O) groups is 1. The standard InChI is InChI=1S/C14H18N2O2S/c1-10(6-7-11-4-2-8-18-11)16-14(17)13(15)12-5-3-9-19-12/h2-5,8-10,13H,6-7,15H2,1H3,(H,16,17). The van der Waals surface area contributed by atoms with E-state index in [1.54, 1.807) is 6.26 Å². The molecule has 102 valence electrons. The Kier molecular flexibility index (Phi) is 4.76. The van der Waals surface area contributed by atoms with Gasteiger partial charge in [0, 0.05) is 17.3 Å². The third kappa shape index (κ3) is 3.94. The maximum absolute atomic E-state index is 12.0. The van der Waals surface area contributed by atoms with Gasteiger partial charge in [0.1, 0.15) is 11.8 Å². The van der Waals surface area contributed by atoms with Crippen LogP contribution in [0.1, 0.15) is 30.0 Å². The number of hydrogen-bond acceptors (Lipinski definition) is 4. The Labute approximate surface area is 116 Å². The van der Waals surface area contributed by atoms with Gasteiger partial charge in [-0.3, -0.25) is 4.79 Å². The first-order valence-corrected chi connectivity index (χ1v) is 7.16. The molecule has 2 unspecified atom stereocenters. The van der Waals surface area contributed by atoms with Gasteiger partial charge < -0.3 is 15.5 Å². The number of nitrogens with one attached hydrogen (secondary N) is 1. The molecular formula is C14H18N2O2S. The van der Waals surface area contributed by atoms with Crippen LogP contribution in [0, 0.1) is 0 Å². The molecule has 4 nitrogen and oxygen atoms in total. The summed E-state index contributed by atoms with van der Waals surface area (Å²) >= 11 is 1.50. The van der Waals surface area contributed by atoms with Gasteiger partial charge in [-0.05, 0) is 36.9 Å². The molecule has 2 rings (SSSR count). The van der Waals surface area contributed by atoms with E-state index in [1.165, 1.54) is 11.3 Å². The van der Waals surface area contributed by atoms with Gasteiger partial charge in [0.05, 0.1) is 6.26 Å². The number of thiophene rings is 1. The molecule has 0 saturated heterocycles. The summed E-state index contributed by atoms with van der Waals surface area (Å²) < 4.78 is 5.26. The Morgan fingerprint density at radius 1 is 1.47 bits per heavy atom. The Balaban J connectivity index is 1.78. The zero-order valence-electron chi connectivity index (χ0n) is 10.8. The van der Waals surface area contributed by atoms with Crippen LogP contribution in [0.4, 0.5) is 0 Å². The lowest BCUT2D eigenvalue weighted by atomic mass is 10.1. The van der Waals surface area contributed by atoms with E-state index in [1.807, 2.05) is 36.6 Å². The molecule has 2 aromatic rings. The maximum atomic E-state index is 12.0. The van der Waals surface area contributed by atoms with E-state index >= 15 is 0 Å². The quantitative estimate of drug-likeness (QED) is 0.853. The first kappa shape index (κ1) is 13.8. The lowest BCUT2D eigenvalue weighted by Gasteiger charge is -2.16. The highest BCUT2D eigenvalue weighted by atomic mass is 32.1. The van der Waals surface area contributed by atoms with E-state index < -0.39 is 6.04 Å². The van der Waals surface area contributed by atoms with Gasteiger partial charge in [-0.25, -0.2) is 0 Å². The summed E-state index contributed by atoms with van der Waals surface area (Å²) in [6.07, 6.45) is 3.30. The summed E-state index contributed by atoms with van der Waals surface area (Å²) in [4.78, 5) is 12.8. The van der Waals surface area contributed by atoms with Crippen LogP contribution in [-0.4, -0.2) is 11.9 Å². The highest BCUT2D eigenvalue weighted by molar-refractivity contribution is 7.10.